The summed E-state index contributed by atoms with van der Waals surface area (Å²) in [5.41, 5.74) is 10.6. The van der Waals surface area contributed by atoms with Gasteiger partial charge in [-0.05, 0) is 87.6 Å². The first kappa shape index (κ1) is 24.0. The number of hydrogen-bond acceptors (Lipinski definition) is 2. The summed E-state index contributed by atoms with van der Waals surface area (Å²) < 4.78 is 0. The van der Waals surface area contributed by atoms with Gasteiger partial charge in [-0.2, -0.15) is 0 Å². The minimum absolute atomic E-state index is 0.0982. The quantitative estimate of drug-likeness (QED) is 0.628. The van der Waals surface area contributed by atoms with Gasteiger partial charge >= 0.3 is 0 Å². The predicted molar refractivity (Wildman–Crippen MR) is 142 cm³/mol. The average Bonchev–Trinajstić information content (AvgIpc) is 3.44. The average molecular weight is 467 g/mol. The van der Waals surface area contributed by atoms with Crippen LogP contribution in [0.4, 0.5) is 0 Å². The number of aromatic nitrogens is 2. The standard InChI is InChI=1S/C29H30N4O2/c1-9-20-19(8)28(34)33-27(20)13-25-17(6)16(5)23(31-25)11-22-14(3)15(4)24(30-22)12-26-18(7)21(10-2)29(35)32-26/h9-13,30-31H,1-2H2,3-8H3,(H,33,34)/b22-11-,24-12-,27-13-. The predicted octanol–water partition coefficient (Wildman–Crippen LogP) is 3.64. The molecule has 6 heteroatoms. The third kappa shape index (κ3) is 4.01. The summed E-state index contributed by atoms with van der Waals surface area (Å²) in [6.45, 7) is 19.5. The van der Waals surface area contributed by atoms with Crippen LogP contribution in [0.5, 0.6) is 0 Å². The minimum atomic E-state index is -0.251. The van der Waals surface area contributed by atoms with E-state index >= 15 is 0 Å². The lowest BCUT2D eigenvalue weighted by Crippen LogP contribution is -2.15. The molecule has 0 bridgehead atoms. The zero-order valence-corrected chi connectivity index (χ0v) is 21.1. The fourth-order valence-electron chi connectivity index (χ4n) is 4.39. The number of allylic oxidation sites excluding steroid dienone is 2. The molecule has 2 amide bonds. The molecular formula is C29H30N4O2. The van der Waals surface area contributed by atoms with Crippen molar-refractivity contribution in [3.05, 3.63) is 97.6 Å². The van der Waals surface area contributed by atoms with Crippen molar-refractivity contribution in [2.24, 2.45) is 4.99 Å². The molecule has 35 heavy (non-hydrogen) atoms. The molecule has 178 valence electrons. The highest BCUT2D eigenvalue weighted by molar-refractivity contribution is 6.31. The minimum Gasteiger partial charge on any atom is -0.355 e. The molecule has 4 rings (SSSR count). The van der Waals surface area contributed by atoms with Crippen LogP contribution in [0.1, 0.15) is 47.5 Å². The Morgan fingerprint density at radius 3 is 1.83 bits per heavy atom. The number of aliphatic imine (C=N–C) groups is 1. The molecule has 2 aliphatic heterocycles. The van der Waals surface area contributed by atoms with E-state index in [4.69, 9.17) is 0 Å². The van der Waals surface area contributed by atoms with Crippen molar-refractivity contribution >= 4 is 35.8 Å². The summed E-state index contributed by atoms with van der Waals surface area (Å²) in [6.07, 6.45) is 9.23. The molecular weight excluding hydrogens is 436 g/mol. The number of rotatable bonds is 5. The zero-order chi connectivity index (χ0) is 25.6. The van der Waals surface area contributed by atoms with Gasteiger partial charge in [-0.1, -0.05) is 25.3 Å². The molecule has 2 aliphatic rings. The maximum Gasteiger partial charge on any atom is 0.277 e. The molecule has 2 aromatic heterocycles. The maximum absolute atomic E-state index is 12.1. The molecule has 0 spiro atoms. The lowest BCUT2D eigenvalue weighted by molar-refractivity contribution is -0.116. The van der Waals surface area contributed by atoms with Gasteiger partial charge in [0.2, 0.25) is 0 Å². The molecule has 2 aromatic rings. The van der Waals surface area contributed by atoms with E-state index in [2.05, 4.69) is 67.2 Å². The number of hydrogen-bond donors (Lipinski definition) is 3. The molecule has 3 N–H and O–H groups in total. The highest BCUT2D eigenvalue weighted by atomic mass is 16.2. The lowest BCUT2D eigenvalue weighted by Gasteiger charge is -2.01. The van der Waals surface area contributed by atoms with Gasteiger partial charge in [-0.15, -0.1) is 0 Å². The number of nitrogens with zero attached hydrogens (tertiary/aromatic N) is 1. The Bertz CT molecular complexity index is 1580. The van der Waals surface area contributed by atoms with Crippen molar-refractivity contribution in [1.29, 1.82) is 0 Å². The Labute approximate surface area is 204 Å². The first-order chi connectivity index (χ1) is 16.6. The van der Waals surface area contributed by atoms with Gasteiger partial charge < -0.3 is 15.3 Å². The van der Waals surface area contributed by atoms with Crippen molar-refractivity contribution in [3.63, 3.8) is 0 Å². The van der Waals surface area contributed by atoms with Crippen LogP contribution < -0.4 is 16.0 Å². The molecule has 0 saturated heterocycles. The van der Waals surface area contributed by atoms with Gasteiger partial charge in [0.15, 0.2) is 0 Å². The highest BCUT2D eigenvalue weighted by Gasteiger charge is 2.22. The number of aromatic amines is 2. The van der Waals surface area contributed by atoms with E-state index in [1.54, 1.807) is 19.1 Å². The molecule has 0 unspecified atom stereocenters. The summed E-state index contributed by atoms with van der Waals surface area (Å²) in [5, 5.41) is 4.81. The zero-order valence-electron chi connectivity index (χ0n) is 21.1. The molecule has 0 fully saturated rings. The summed E-state index contributed by atoms with van der Waals surface area (Å²) in [4.78, 5) is 35.3. The van der Waals surface area contributed by atoms with Crippen LogP contribution in [0.2, 0.25) is 0 Å². The van der Waals surface area contributed by atoms with Gasteiger partial charge in [0.1, 0.15) is 0 Å². The SMILES string of the molecule is C=CC1=C(C)C(/C=c2\[nH]/c(=C\c3[nH]c(/C=C4\NC(=O)C(C)=C4C=C)c(C)c3C)c(C)c2C)=NC1=O. The maximum atomic E-state index is 12.1. The van der Waals surface area contributed by atoms with E-state index in [0.29, 0.717) is 16.9 Å². The monoisotopic (exact) mass is 466 g/mol. The molecule has 0 aromatic carbocycles. The third-order valence-electron chi connectivity index (χ3n) is 7.07. The second-order valence-corrected chi connectivity index (χ2v) is 8.99. The van der Waals surface area contributed by atoms with Crippen molar-refractivity contribution in [1.82, 2.24) is 15.3 Å². The van der Waals surface area contributed by atoms with Crippen molar-refractivity contribution < 1.29 is 9.59 Å². The Kier molecular flexibility index (Phi) is 6.07. The normalized spacial score (nSPS) is 18.3. The molecule has 4 heterocycles. The Hall–Kier alpha value is -4.19. The van der Waals surface area contributed by atoms with Crippen LogP contribution in [0.25, 0.3) is 18.2 Å². The summed E-state index contributed by atoms with van der Waals surface area (Å²) >= 11 is 0. The number of amides is 2. The van der Waals surface area contributed by atoms with Crippen molar-refractivity contribution in [2.45, 2.75) is 41.5 Å². The number of nitrogens with one attached hydrogen (secondary N) is 3. The smallest absolute Gasteiger partial charge is 0.277 e. The second kappa shape index (κ2) is 8.87. The number of carbonyl (C=O) groups is 2. The number of carbonyl (C=O) groups excluding carboxylic acids is 2. The highest BCUT2D eigenvalue weighted by Crippen LogP contribution is 2.26. The van der Waals surface area contributed by atoms with Gasteiger partial charge in [-0.25, -0.2) is 4.99 Å². The van der Waals surface area contributed by atoms with Crippen LogP contribution in [-0.2, 0) is 9.59 Å². The molecule has 6 nitrogen and oxygen atoms in total. The van der Waals surface area contributed by atoms with Gasteiger partial charge in [0.05, 0.1) is 11.4 Å². The summed E-state index contributed by atoms with van der Waals surface area (Å²) in [6, 6.07) is 0. The molecule has 0 atom stereocenters. The fraction of sp³-hybridized carbons (Fsp3) is 0.207. The van der Waals surface area contributed by atoms with Gasteiger partial charge in [-0.3, -0.25) is 9.59 Å². The van der Waals surface area contributed by atoms with Crippen LogP contribution in [-0.4, -0.2) is 27.5 Å². The molecule has 0 aliphatic carbocycles. The van der Waals surface area contributed by atoms with Gasteiger partial charge in [0.25, 0.3) is 11.8 Å². The first-order valence-electron chi connectivity index (χ1n) is 11.5. The van der Waals surface area contributed by atoms with E-state index < -0.39 is 0 Å². The third-order valence-corrected chi connectivity index (χ3v) is 7.07. The van der Waals surface area contributed by atoms with Crippen molar-refractivity contribution in [2.75, 3.05) is 0 Å². The Morgan fingerprint density at radius 1 is 0.686 bits per heavy atom. The van der Waals surface area contributed by atoms with E-state index in [0.717, 1.165) is 61.2 Å². The van der Waals surface area contributed by atoms with E-state index in [9.17, 15) is 9.59 Å². The van der Waals surface area contributed by atoms with E-state index in [-0.39, 0.29) is 11.8 Å². The van der Waals surface area contributed by atoms with Gasteiger partial charge in [0, 0.05) is 38.8 Å². The molecule has 0 radical (unpaired) electrons. The Balaban J connectivity index is 1.78. The summed E-state index contributed by atoms with van der Waals surface area (Å²) in [7, 11) is 0. The summed E-state index contributed by atoms with van der Waals surface area (Å²) in [5.74, 6) is -0.349. The number of H-pyrrole nitrogens is 2. The Morgan fingerprint density at radius 2 is 1.26 bits per heavy atom. The fourth-order valence-corrected chi connectivity index (χ4v) is 4.39. The van der Waals surface area contributed by atoms with E-state index in [1.807, 2.05) is 19.1 Å². The topological polar surface area (TPSA) is 90.1 Å². The lowest BCUT2D eigenvalue weighted by atomic mass is 10.1. The van der Waals surface area contributed by atoms with Crippen LogP contribution in [0, 0.1) is 27.7 Å². The first-order valence-corrected chi connectivity index (χ1v) is 11.5. The van der Waals surface area contributed by atoms with Crippen molar-refractivity contribution in [3.8, 4) is 0 Å². The van der Waals surface area contributed by atoms with Crippen LogP contribution >= 0.6 is 0 Å². The van der Waals surface area contributed by atoms with Crippen LogP contribution in [0.15, 0.2) is 58.3 Å². The largest absolute Gasteiger partial charge is 0.355 e. The second-order valence-electron chi connectivity index (χ2n) is 8.99. The molecule has 0 saturated carbocycles. The van der Waals surface area contributed by atoms with E-state index in [1.165, 1.54) is 0 Å². The van der Waals surface area contributed by atoms with Crippen LogP contribution in [0.3, 0.4) is 0 Å².